The van der Waals surface area contributed by atoms with E-state index in [0.29, 0.717) is 0 Å². The predicted octanol–water partition coefficient (Wildman–Crippen LogP) is 1.97. The van der Waals surface area contributed by atoms with Gasteiger partial charge < -0.3 is 15.3 Å². The molecule has 0 aromatic carbocycles. The van der Waals surface area contributed by atoms with Gasteiger partial charge in [0.05, 0.1) is 6.04 Å². The van der Waals surface area contributed by atoms with Crippen LogP contribution in [0, 0.1) is 11.3 Å². The van der Waals surface area contributed by atoms with Crippen LogP contribution < -0.4 is 5.32 Å². The number of amides is 2. The van der Waals surface area contributed by atoms with Crippen molar-refractivity contribution < 1.29 is 19.5 Å². The van der Waals surface area contributed by atoms with Crippen molar-refractivity contribution in [3.63, 3.8) is 0 Å². The second-order valence-electron chi connectivity index (χ2n) is 9.76. The zero-order chi connectivity index (χ0) is 23.4. The molecule has 172 valence electrons. The molecule has 2 N–H and O–H groups in total. The van der Waals surface area contributed by atoms with E-state index >= 15 is 0 Å². The molecule has 1 rings (SSSR count). The lowest BCUT2D eigenvalue weighted by molar-refractivity contribution is -0.145. The van der Waals surface area contributed by atoms with E-state index < -0.39 is 17.4 Å². The summed E-state index contributed by atoms with van der Waals surface area (Å²) in [5, 5.41) is 16.2. The smallest absolute Gasteiger partial charge is 0.331 e. The first kappa shape index (κ1) is 26.1. The average molecular weight is 425 g/mol. The number of hydrogen-bond acceptors (Lipinski definition) is 5. The molecule has 30 heavy (non-hydrogen) atoms. The standard InChI is InChI=1S/C22H40N4O4/c1-14(2)17(13-15(3)21(29)30)25(8)20(28)18(22(4,5)6)23-19(27)16-11-10-12-24(7)26(16)9/h13-14,16-18H,10-12H2,1-9H3,(H,23,27)(H,29,30)/t16?,17?,18-/m1/s1. The largest absolute Gasteiger partial charge is 0.478 e. The maximum absolute atomic E-state index is 13.5. The number of hydrogen-bond donors (Lipinski definition) is 2. The summed E-state index contributed by atoms with van der Waals surface area (Å²) < 4.78 is 0. The number of carboxylic acids is 1. The zero-order valence-corrected chi connectivity index (χ0v) is 20.0. The van der Waals surface area contributed by atoms with Crippen molar-refractivity contribution in [2.24, 2.45) is 11.3 Å². The normalized spacial score (nSPS) is 21.3. The molecule has 0 spiro atoms. The summed E-state index contributed by atoms with van der Waals surface area (Å²) in [6.45, 7) is 12.1. The fraction of sp³-hybridized carbons (Fsp3) is 0.773. The summed E-state index contributed by atoms with van der Waals surface area (Å²) in [5.41, 5.74) is -0.315. The molecule has 3 atom stereocenters. The fourth-order valence-electron chi connectivity index (χ4n) is 3.71. The van der Waals surface area contributed by atoms with Crippen LogP contribution in [0.25, 0.3) is 0 Å². The first-order valence-corrected chi connectivity index (χ1v) is 10.6. The van der Waals surface area contributed by atoms with Gasteiger partial charge in [0, 0.05) is 33.3 Å². The van der Waals surface area contributed by atoms with Crippen molar-refractivity contribution in [1.29, 1.82) is 0 Å². The Morgan fingerprint density at radius 3 is 2.23 bits per heavy atom. The summed E-state index contributed by atoms with van der Waals surface area (Å²) in [6.07, 6.45) is 3.26. The van der Waals surface area contributed by atoms with Gasteiger partial charge in [-0.1, -0.05) is 40.7 Å². The molecule has 0 aromatic heterocycles. The van der Waals surface area contributed by atoms with Crippen molar-refractivity contribution in [3.8, 4) is 0 Å². The highest BCUT2D eigenvalue weighted by atomic mass is 16.4. The van der Waals surface area contributed by atoms with Gasteiger partial charge in [0.2, 0.25) is 11.8 Å². The Bertz CT molecular complexity index is 669. The fourth-order valence-corrected chi connectivity index (χ4v) is 3.71. The zero-order valence-electron chi connectivity index (χ0n) is 20.0. The molecule has 1 aliphatic rings. The molecule has 2 amide bonds. The maximum Gasteiger partial charge on any atom is 0.331 e. The monoisotopic (exact) mass is 424 g/mol. The van der Waals surface area contributed by atoms with Crippen LogP contribution in [0.1, 0.15) is 54.4 Å². The quantitative estimate of drug-likeness (QED) is 0.607. The number of nitrogens with one attached hydrogen (secondary N) is 1. The van der Waals surface area contributed by atoms with Crippen molar-refractivity contribution >= 4 is 17.8 Å². The van der Waals surface area contributed by atoms with Gasteiger partial charge in [0.25, 0.3) is 0 Å². The van der Waals surface area contributed by atoms with Crippen LogP contribution in [0.3, 0.4) is 0 Å². The lowest BCUT2D eigenvalue weighted by Crippen LogP contribution is -2.61. The number of aliphatic carboxylic acids is 1. The summed E-state index contributed by atoms with van der Waals surface area (Å²) in [5.74, 6) is -1.38. The highest BCUT2D eigenvalue weighted by molar-refractivity contribution is 5.91. The molecule has 0 bridgehead atoms. The highest BCUT2D eigenvalue weighted by Gasteiger charge is 2.39. The van der Waals surface area contributed by atoms with E-state index in [0.717, 1.165) is 19.4 Å². The molecule has 8 nitrogen and oxygen atoms in total. The van der Waals surface area contributed by atoms with Crippen LogP contribution in [0.15, 0.2) is 11.6 Å². The Morgan fingerprint density at radius 2 is 1.77 bits per heavy atom. The van der Waals surface area contributed by atoms with Gasteiger partial charge in [-0.3, -0.25) is 9.59 Å². The molecule has 8 heteroatoms. The van der Waals surface area contributed by atoms with Crippen molar-refractivity contribution in [3.05, 3.63) is 11.6 Å². The third kappa shape index (κ3) is 6.54. The van der Waals surface area contributed by atoms with E-state index in [2.05, 4.69) is 5.32 Å². The lowest BCUT2D eigenvalue weighted by Gasteiger charge is -2.41. The Hall–Kier alpha value is -1.93. The maximum atomic E-state index is 13.5. The summed E-state index contributed by atoms with van der Waals surface area (Å²) in [7, 11) is 5.51. The third-order valence-electron chi connectivity index (χ3n) is 5.89. The molecule has 1 aliphatic heterocycles. The molecule has 0 aliphatic carbocycles. The number of rotatable bonds is 7. The molecule has 0 saturated carbocycles. The number of nitrogens with zero attached hydrogens (tertiary/aromatic N) is 3. The number of carboxylic acid groups (broad SMARTS) is 1. The third-order valence-corrected chi connectivity index (χ3v) is 5.89. The SMILES string of the molecule is CC(=CC(C(C)C)N(C)C(=O)[C@@H](NC(=O)C1CCCN(C)N1C)C(C)(C)C)C(=O)O. The summed E-state index contributed by atoms with van der Waals surface area (Å²) in [6, 6.07) is -1.43. The van der Waals surface area contributed by atoms with Crippen molar-refractivity contribution in [1.82, 2.24) is 20.2 Å². The van der Waals surface area contributed by atoms with E-state index in [1.807, 2.05) is 58.7 Å². The summed E-state index contributed by atoms with van der Waals surface area (Å²) >= 11 is 0. The van der Waals surface area contributed by atoms with E-state index in [1.54, 1.807) is 18.0 Å². The van der Waals surface area contributed by atoms with Crippen LogP contribution in [0.5, 0.6) is 0 Å². The molecular weight excluding hydrogens is 384 g/mol. The molecule has 1 heterocycles. The molecule has 0 radical (unpaired) electrons. The molecule has 1 fully saturated rings. The minimum Gasteiger partial charge on any atom is -0.478 e. The summed E-state index contributed by atoms with van der Waals surface area (Å²) in [4.78, 5) is 39.4. The number of carbonyl (C=O) groups is 3. The van der Waals surface area contributed by atoms with E-state index in [1.165, 1.54) is 6.92 Å². The lowest BCUT2D eigenvalue weighted by atomic mass is 9.84. The van der Waals surface area contributed by atoms with Crippen LogP contribution in [0.4, 0.5) is 0 Å². The Morgan fingerprint density at radius 1 is 1.20 bits per heavy atom. The average Bonchev–Trinajstić information content (AvgIpc) is 2.63. The number of hydrazine groups is 1. The van der Waals surface area contributed by atoms with Gasteiger partial charge in [-0.2, -0.15) is 0 Å². The van der Waals surface area contributed by atoms with E-state index in [9.17, 15) is 19.5 Å². The first-order valence-electron chi connectivity index (χ1n) is 10.6. The van der Waals surface area contributed by atoms with Crippen LogP contribution >= 0.6 is 0 Å². The van der Waals surface area contributed by atoms with Crippen LogP contribution in [-0.4, -0.2) is 83.6 Å². The highest BCUT2D eigenvalue weighted by Crippen LogP contribution is 2.25. The van der Waals surface area contributed by atoms with Crippen molar-refractivity contribution in [2.75, 3.05) is 27.7 Å². The minimum atomic E-state index is -1.01. The van der Waals surface area contributed by atoms with Gasteiger partial charge in [0.15, 0.2) is 0 Å². The second-order valence-corrected chi connectivity index (χ2v) is 9.76. The van der Waals surface area contributed by atoms with E-state index in [-0.39, 0.29) is 35.4 Å². The number of likely N-dealkylation sites (N-methyl/N-ethyl adjacent to an activating group) is 2. The first-order chi connectivity index (χ1) is 13.7. The van der Waals surface area contributed by atoms with Gasteiger partial charge in [-0.15, -0.1) is 0 Å². The van der Waals surface area contributed by atoms with E-state index in [4.69, 9.17) is 0 Å². The van der Waals surface area contributed by atoms with Crippen LogP contribution in [-0.2, 0) is 14.4 Å². The van der Waals surface area contributed by atoms with Crippen molar-refractivity contribution in [2.45, 2.75) is 72.5 Å². The topological polar surface area (TPSA) is 93.2 Å². The second kappa shape index (κ2) is 10.4. The molecule has 2 unspecified atom stereocenters. The van der Waals surface area contributed by atoms with Gasteiger partial charge in [-0.05, 0) is 31.1 Å². The Balaban J connectivity index is 3.12. The van der Waals surface area contributed by atoms with Gasteiger partial charge in [-0.25, -0.2) is 14.8 Å². The molecule has 0 aromatic rings. The molecular formula is C22H40N4O4. The van der Waals surface area contributed by atoms with Gasteiger partial charge in [0.1, 0.15) is 12.1 Å². The molecule has 1 saturated heterocycles. The minimum absolute atomic E-state index is 0.0164. The van der Waals surface area contributed by atoms with Crippen LogP contribution in [0.2, 0.25) is 0 Å². The Kier molecular flexibility index (Phi) is 9.05. The van der Waals surface area contributed by atoms with Gasteiger partial charge >= 0.3 is 5.97 Å². The predicted molar refractivity (Wildman–Crippen MR) is 118 cm³/mol. The Labute approximate surface area is 181 Å². The number of carbonyl (C=O) groups excluding carboxylic acids is 2.